The first kappa shape index (κ1) is 11.8. The Morgan fingerprint density at radius 2 is 1.94 bits per heavy atom. The number of carbonyl (C=O) groups excluding carboxylic acids is 1. The molecule has 1 aromatic heterocycles. The minimum Gasteiger partial charge on any atom is -0.393 e. The number of nitrogens with two attached hydrogens (primary N) is 2. The Labute approximate surface area is 103 Å². The van der Waals surface area contributed by atoms with Gasteiger partial charge in [-0.25, -0.2) is 4.98 Å². The van der Waals surface area contributed by atoms with E-state index in [1.807, 2.05) is 18.2 Å². The summed E-state index contributed by atoms with van der Waals surface area (Å²) in [5, 5.41) is 0. The van der Waals surface area contributed by atoms with Crippen LogP contribution in [0.2, 0.25) is 0 Å². The van der Waals surface area contributed by atoms with Gasteiger partial charge < -0.3 is 11.5 Å². The summed E-state index contributed by atoms with van der Waals surface area (Å²) >= 11 is 0. The van der Waals surface area contributed by atoms with Crippen LogP contribution in [0.25, 0.3) is 11.4 Å². The highest BCUT2D eigenvalue weighted by molar-refractivity contribution is 5.74. The molecule has 92 valence electrons. The first-order chi connectivity index (χ1) is 8.59. The minimum atomic E-state index is -0.623. The smallest absolute Gasteiger partial charge is 0.277 e. The maximum atomic E-state index is 11.9. The number of anilines is 1. The third-order valence-corrected chi connectivity index (χ3v) is 2.42. The average molecular weight is 244 g/mol. The van der Waals surface area contributed by atoms with Crippen LogP contribution in [-0.4, -0.2) is 15.5 Å². The van der Waals surface area contributed by atoms with Crippen molar-refractivity contribution in [1.29, 1.82) is 0 Å². The Morgan fingerprint density at radius 3 is 2.56 bits per heavy atom. The monoisotopic (exact) mass is 244 g/mol. The number of carbonyl (C=O) groups is 1. The van der Waals surface area contributed by atoms with Crippen LogP contribution in [0.1, 0.15) is 0 Å². The molecular weight excluding hydrogens is 232 g/mol. The third kappa shape index (κ3) is 2.22. The van der Waals surface area contributed by atoms with Crippen LogP contribution in [0, 0.1) is 0 Å². The number of hydrogen-bond donors (Lipinski definition) is 2. The number of benzene rings is 1. The van der Waals surface area contributed by atoms with Gasteiger partial charge in [0.1, 0.15) is 18.1 Å². The van der Waals surface area contributed by atoms with E-state index in [4.69, 9.17) is 11.5 Å². The summed E-state index contributed by atoms with van der Waals surface area (Å²) in [6.07, 6.45) is 1.28. The molecule has 0 fully saturated rings. The maximum absolute atomic E-state index is 11.9. The third-order valence-electron chi connectivity index (χ3n) is 2.42. The highest BCUT2D eigenvalue weighted by Crippen LogP contribution is 2.15. The summed E-state index contributed by atoms with van der Waals surface area (Å²) in [5.74, 6) is -0.254. The largest absolute Gasteiger partial charge is 0.393 e. The Bertz CT molecular complexity index is 634. The highest BCUT2D eigenvalue weighted by Gasteiger charge is 2.11. The van der Waals surface area contributed by atoms with Crippen molar-refractivity contribution in [3.63, 3.8) is 0 Å². The Balaban J connectivity index is 2.64. The standard InChI is InChI=1S/C12H12N4O2/c13-9-6-15-11(8-4-2-1-3-5-8)16(12(9)18)7-10(14)17/h1-6H,7,13H2,(H2,14,17). The molecule has 1 heterocycles. The van der Waals surface area contributed by atoms with E-state index in [1.54, 1.807) is 12.1 Å². The molecule has 1 amide bonds. The van der Waals surface area contributed by atoms with Crippen LogP contribution in [-0.2, 0) is 11.3 Å². The lowest BCUT2D eigenvalue weighted by Crippen LogP contribution is -2.31. The van der Waals surface area contributed by atoms with Gasteiger partial charge in [0.05, 0.1) is 6.20 Å². The molecule has 6 nitrogen and oxygen atoms in total. The van der Waals surface area contributed by atoms with Crippen molar-refractivity contribution in [2.75, 3.05) is 5.73 Å². The Morgan fingerprint density at radius 1 is 1.28 bits per heavy atom. The quantitative estimate of drug-likeness (QED) is 0.791. The first-order valence-corrected chi connectivity index (χ1v) is 5.28. The van der Waals surface area contributed by atoms with Gasteiger partial charge in [-0.2, -0.15) is 0 Å². The van der Waals surface area contributed by atoms with E-state index >= 15 is 0 Å². The van der Waals surface area contributed by atoms with E-state index in [0.29, 0.717) is 5.82 Å². The number of aromatic nitrogens is 2. The molecule has 4 N–H and O–H groups in total. The average Bonchev–Trinajstić information content (AvgIpc) is 2.36. The van der Waals surface area contributed by atoms with Crippen molar-refractivity contribution >= 4 is 11.6 Å². The summed E-state index contributed by atoms with van der Waals surface area (Å²) in [4.78, 5) is 27.0. The zero-order valence-corrected chi connectivity index (χ0v) is 9.54. The molecule has 0 bridgehead atoms. The molecule has 6 heteroatoms. The molecule has 0 saturated carbocycles. The second kappa shape index (κ2) is 4.70. The summed E-state index contributed by atoms with van der Waals surface area (Å²) < 4.78 is 1.17. The van der Waals surface area contributed by atoms with Crippen LogP contribution >= 0.6 is 0 Å². The summed E-state index contributed by atoms with van der Waals surface area (Å²) in [7, 11) is 0. The van der Waals surface area contributed by atoms with E-state index in [9.17, 15) is 9.59 Å². The van der Waals surface area contributed by atoms with E-state index in [0.717, 1.165) is 5.56 Å². The Kier molecular flexibility index (Phi) is 3.09. The lowest BCUT2D eigenvalue weighted by molar-refractivity contribution is -0.118. The zero-order valence-electron chi connectivity index (χ0n) is 9.54. The second-order valence-corrected chi connectivity index (χ2v) is 3.76. The molecule has 18 heavy (non-hydrogen) atoms. The fourth-order valence-electron chi connectivity index (χ4n) is 1.63. The molecule has 0 unspecified atom stereocenters. The number of hydrogen-bond acceptors (Lipinski definition) is 4. The van der Waals surface area contributed by atoms with E-state index < -0.39 is 11.5 Å². The molecule has 0 aliphatic heterocycles. The van der Waals surface area contributed by atoms with Crippen molar-refractivity contribution in [3.05, 3.63) is 46.9 Å². The fraction of sp³-hybridized carbons (Fsp3) is 0.0833. The van der Waals surface area contributed by atoms with Crippen LogP contribution < -0.4 is 17.0 Å². The molecule has 0 atom stereocenters. The van der Waals surface area contributed by atoms with Gasteiger partial charge >= 0.3 is 0 Å². The molecule has 2 aromatic rings. The van der Waals surface area contributed by atoms with Gasteiger partial charge in [0.2, 0.25) is 5.91 Å². The molecule has 2 rings (SSSR count). The van der Waals surface area contributed by atoms with Crippen LogP contribution in [0.5, 0.6) is 0 Å². The minimum absolute atomic E-state index is 0.0177. The number of rotatable bonds is 3. The highest BCUT2D eigenvalue weighted by atomic mass is 16.2. The molecular formula is C12H12N4O2. The fourth-order valence-corrected chi connectivity index (χ4v) is 1.63. The normalized spacial score (nSPS) is 10.2. The molecule has 0 aliphatic rings. The molecule has 0 radical (unpaired) electrons. The molecule has 0 saturated heterocycles. The summed E-state index contributed by atoms with van der Waals surface area (Å²) in [6, 6.07) is 9.04. The summed E-state index contributed by atoms with van der Waals surface area (Å²) in [6.45, 7) is -0.249. The van der Waals surface area contributed by atoms with Gasteiger partial charge in [0.15, 0.2) is 0 Å². The van der Waals surface area contributed by atoms with Crippen molar-refractivity contribution < 1.29 is 4.79 Å². The van der Waals surface area contributed by atoms with Crippen molar-refractivity contribution in [2.24, 2.45) is 5.73 Å². The molecule has 0 aliphatic carbocycles. The van der Waals surface area contributed by atoms with E-state index in [-0.39, 0.29) is 12.2 Å². The van der Waals surface area contributed by atoms with Gasteiger partial charge in [-0.3, -0.25) is 14.2 Å². The van der Waals surface area contributed by atoms with Crippen LogP contribution in [0.15, 0.2) is 41.3 Å². The predicted molar refractivity (Wildman–Crippen MR) is 67.5 cm³/mol. The van der Waals surface area contributed by atoms with Crippen molar-refractivity contribution in [3.8, 4) is 11.4 Å². The van der Waals surface area contributed by atoms with Crippen LogP contribution in [0.3, 0.4) is 0 Å². The number of primary amides is 1. The van der Waals surface area contributed by atoms with Gasteiger partial charge in [-0.05, 0) is 0 Å². The number of amides is 1. The number of nitrogen functional groups attached to an aromatic ring is 1. The summed E-state index contributed by atoms with van der Waals surface area (Å²) in [5.41, 5.74) is 10.8. The second-order valence-electron chi connectivity index (χ2n) is 3.76. The predicted octanol–water partition coefficient (Wildman–Crippen LogP) is -0.0222. The maximum Gasteiger partial charge on any atom is 0.277 e. The van der Waals surface area contributed by atoms with Gasteiger partial charge in [0, 0.05) is 5.56 Å². The van der Waals surface area contributed by atoms with E-state index in [2.05, 4.69) is 4.98 Å². The first-order valence-electron chi connectivity index (χ1n) is 5.28. The zero-order chi connectivity index (χ0) is 13.1. The van der Waals surface area contributed by atoms with Gasteiger partial charge in [-0.15, -0.1) is 0 Å². The van der Waals surface area contributed by atoms with Crippen molar-refractivity contribution in [1.82, 2.24) is 9.55 Å². The topological polar surface area (TPSA) is 104 Å². The number of nitrogens with zero attached hydrogens (tertiary/aromatic N) is 2. The van der Waals surface area contributed by atoms with Crippen LogP contribution in [0.4, 0.5) is 5.69 Å². The van der Waals surface area contributed by atoms with Gasteiger partial charge in [-0.1, -0.05) is 30.3 Å². The lowest BCUT2D eigenvalue weighted by Gasteiger charge is -2.10. The van der Waals surface area contributed by atoms with Gasteiger partial charge in [0.25, 0.3) is 5.56 Å². The van der Waals surface area contributed by atoms with Crippen molar-refractivity contribution in [2.45, 2.75) is 6.54 Å². The van der Waals surface area contributed by atoms with E-state index in [1.165, 1.54) is 10.8 Å². The molecule has 1 aromatic carbocycles. The lowest BCUT2D eigenvalue weighted by atomic mass is 10.2. The SMILES string of the molecule is NC(=O)Cn1c(-c2ccccc2)ncc(N)c1=O. The Hall–Kier alpha value is -2.63. The molecule has 0 spiro atoms.